The molecule has 188 valence electrons. The highest BCUT2D eigenvalue weighted by Crippen LogP contribution is 2.28. The topological polar surface area (TPSA) is 133 Å². The molecule has 3 heterocycles. The standard InChI is InChI=1S/C25H28F2N8O/c1-4-17-12-20(24(26)27)33-35(17)25-18(15(3)36)7-10-23(32-25)34-13-30-19-8-6-16(11-21(19)34)31-22(29)9-5-14(2)28/h5-13,15,24,31,36H,4,28-29H2,1-3H3/b14-5-,22-9+. The Labute approximate surface area is 206 Å². The molecule has 0 aliphatic rings. The van der Waals surface area contributed by atoms with Gasteiger partial charge in [0.1, 0.15) is 23.7 Å². The number of imidazole rings is 1. The van der Waals surface area contributed by atoms with Gasteiger partial charge in [-0.1, -0.05) is 6.92 Å². The van der Waals surface area contributed by atoms with E-state index in [9.17, 15) is 13.9 Å². The van der Waals surface area contributed by atoms with Crippen molar-refractivity contribution in [3.8, 4) is 11.6 Å². The van der Waals surface area contributed by atoms with Crippen LogP contribution in [0.3, 0.4) is 0 Å². The average molecular weight is 495 g/mol. The predicted octanol–water partition coefficient (Wildman–Crippen LogP) is 4.23. The summed E-state index contributed by atoms with van der Waals surface area (Å²) in [6.07, 6.45) is 1.84. The Balaban J connectivity index is 1.81. The number of anilines is 1. The van der Waals surface area contributed by atoms with Gasteiger partial charge in [-0.2, -0.15) is 5.10 Å². The number of hydrogen-bond acceptors (Lipinski definition) is 7. The SMILES string of the molecule is CCc1cc(C(F)F)nn1-c1nc(-n2cnc3ccc(N/C(N)=C/C=C(/C)N)cc32)ccc1C(C)O. The van der Waals surface area contributed by atoms with Gasteiger partial charge in [0.05, 0.1) is 17.1 Å². The molecule has 0 fully saturated rings. The van der Waals surface area contributed by atoms with Crippen molar-refractivity contribution in [1.82, 2.24) is 24.3 Å². The number of nitrogens with one attached hydrogen (secondary N) is 1. The van der Waals surface area contributed by atoms with E-state index in [1.54, 1.807) is 49.0 Å². The molecule has 4 rings (SSSR count). The van der Waals surface area contributed by atoms with E-state index in [1.165, 1.54) is 10.7 Å². The largest absolute Gasteiger partial charge is 0.402 e. The molecule has 0 saturated carbocycles. The number of nitrogens with two attached hydrogens (primary N) is 2. The lowest BCUT2D eigenvalue weighted by Gasteiger charge is -2.15. The van der Waals surface area contributed by atoms with Crippen LogP contribution in [0.4, 0.5) is 14.5 Å². The summed E-state index contributed by atoms with van der Waals surface area (Å²) in [5.41, 5.74) is 15.2. The van der Waals surface area contributed by atoms with Gasteiger partial charge >= 0.3 is 0 Å². The Morgan fingerprint density at radius 3 is 2.61 bits per heavy atom. The number of benzene rings is 1. The number of allylic oxidation sites excluding steroid dienone is 3. The molecule has 4 aromatic rings. The van der Waals surface area contributed by atoms with E-state index >= 15 is 0 Å². The summed E-state index contributed by atoms with van der Waals surface area (Å²) in [4.78, 5) is 9.17. The Morgan fingerprint density at radius 2 is 1.94 bits per heavy atom. The number of pyridine rings is 1. The minimum Gasteiger partial charge on any atom is -0.402 e. The molecule has 36 heavy (non-hydrogen) atoms. The van der Waals surface area contributed by atoms with Gasteiger partial charge < -0.3 is 21.9 Å². The summed E-state index contributed by atoms with van der Waals surface area (Å²) in [5, 5.41) is 17.5. The van der Waals surface area contributed by atoms with Crippen LogP contribution < -0.4 is 16.8 Å². The molecule has 0 saturated heterocycles. The van der Waals surface area contributed by atoms with E-state index in [1.807, 2.05) is 25.1 Å². The highest BCUT2D eigenvalue weighted by molar-refractivity contribution is 5.81. The summed E-state index contributed by atoms with van der Waals surface area (Å²) in [5.74, 6) is 1.17. The molecule has 0 spiro atoms. The lowest BCUT2D eigenvalue weighted by atomic mass is 10.1. The molecule has 0 radical (unpaired) electrons. The zero-order chi connectivity index (χ0) is 26.0. The van der Waals surface area contributed by atoms with Crippen molar-refractivity contribution in [1.29, 1.82) is 0 Å². The molecule has 1 atom stereocenters. The summed E-state index contributed by atoms with van der Waals surface area (Å²) in [7, 11) is 0. The molecule has 6 N–H and O–H groups in total. The second-order valence-electron chi connectivity index (χ2n) is 8.36. The van der Waals surface area contributed by atoms with E-state index < -0.39 is 12.5 Å². The van der Waals surface area contributed by atoms with Gasteiger partial charge in [-0.05, 0) is 68.8 Å². The smallest absolute Gasteiger partial charge is 0.282 e. The van der Waals surface area contributed by atoms with E-state index in [-0.39, 0.29) is 11.5 Å². The van der Waals surface area contributed by atoms with Gasteiger partial charge in [0.15, 0.2) is 5.82 Å². The second kappa shape index (κ2) is 10.2. The molecular formula is C25H28F2N8O. The van der Waals surface area contributed by atoms with Crippen molar-refractivity contribution in [3.63, 3.8) is 0 Å². The van der Waals surface area contributed by atoms with Gasteiger partial charge in [-0.15, -0.1) is 0 Å². The zero-order valence-corrected chi connectivity index (χ0v) is 20.2. The van der Waals surface area contributed by atoms with Crippen LogP contribution in [0.1, 0.15) is 50.3 Å². The molecule has 11 heteroatoms. The van der Waals surface area contributed by atoms with Crippen LogP contribution in [-0.2, 0) is 6.42 Å². The summed E-state index contributed by atoms with van der Waals surface area (Å²) < 4.78 is 29.9. The van der Waals surface area contributed by atoms with Crippen LogP contribution in [0.15, 0.2) is 66.4 Å². The van der Waals surface area contributed by atoms with E-state index in [0.29, 0.717) is 35.0 Å². The maximum absolute atomic E-state index is 13.4. The van der Waals surface area contributed by atoms with Gasteiger partial charge in [0, 0.05) is 22.6 Å². The van der Waals surface area contributed by atoms with Gasteiger partial charge in [-0.3, -0.25) is 4.57 Å². The Hall–Kier alpha value is -4.25. The van der Waals surface area contributed by atoms with Crippen LogP contribution >= 0.6 is 0 Å². The molecule has 1 aromatic carbocycles. The zero-order valence-electron chi connectivity index (χ0n) is 20.2. The predicted molar refractivity (Wildman–Crippen MR) is 135 cm³/mol. The third-order valence-electron chi connectivity index (χ3n) is 5.54. The van der Waals surface area contributed by atoms with Crippen molar-refractivity contribution in [2.75, 3.05) is 5.32 Å². The first-order valence-corrected chi connectivity index (χ1v) is 11.4. The van der Waals surface area contributed by atoms with Crippen LogP contribution in [0.2, 0.25) is 0 Å². The first-order valence-electron chi connectivity index (χ1n) is 11.4. The van der Waals surface area contributed by atoms with Gasteiger partial charge in [-0.25, -0.2) is 23.4 Å². The fourth-order valence-corrected chi connectivity index (χ4v) is 3.76. The number of hydrogen-bond donors (Lipinski definition) is 4. The summed E-state index contributed by atoms with van der Waals surface area (Å²) in [6.45, 7) is 5.20. The van der Waals surface area contributed by atoms with Crippen molar-refractivity contribution in [2.24, 2.45) is 11.5 Å². The van der Waals surface area contributed by atoms with Crippen LogP contribution in [-0.4, -0.2) is 29.4 Å². The quantitative estimate of drug-likeness (QED) is 0.269. The lowest BCUT2D eigenvalue weighted by Crippen LogP contribution is -2.12. The Morgan fingerprint density at radius 1 is 1.17 bits per heavy atom. The fraction of sp³-hybridized carbons (Fsp3) is 0.240. The van der Waals surface area contributed by atoms with E-state index in [2.05, 4.69) is 15.4 Å². The van der Waals surface area contributed by atoms with E-state index in [4.69, 9.17) is 16.5 Å². The Kier molecular flexibility index (Phi) is 7.02. The number of nitrogens with zero attached hydrogens (tertiary/aromatic N) is 5. The van der Waals surface area contributed by atoms with Crippen molar-refractivity contribution >= 4 is 16.7 Å². The number of aliphatic hydroxyl groups is 1. The molecular weight excluding hydrogens is 466 g/mol. The third kappa shape index (κ3) is 5.05. The molecule has 0 aliphatic carbocycles. The normalized spacial score (nSPS) is 13.5. The number of aryl methyl sites for hydroxylation is 1. The average Bonchev–Trinajstić information content (AvgIpc) is 3.46. The van der Waals surface area contributed by atoms with E-state index in [0.717, 1.165) is 16.7 Å². The highest BCUT2D eigenvalue weighted by atomic mass is 19.3. The number of aromatic nitrogens is 5. The van der Waals surface area contributed by atoms with Gasteiger partial charge in [0.2, 0.25) is 0 Å². The van der Waals surface area contributed by atoms with Crippen LogP contribution in [0.25, 0.3) is 22.7 Å². The number of rotatable bonds is 8. The molecule has 0 aliphatic heterocycles. The maximum atomic E-state index is 13.4. The first-order chi connectivity index (χ1) is 17.2. The molecule has 3 aromatic heterocycles. The first kappa shape index (κ1) is 24.9. The van der Waals surface area contributed by atoms with Crippen LogP contribution in [0.5, 0.6) is 0 Å². The number of aliphatic hydroxyl groups excluding tert-OH is 1. The molecule has 9 nitrogen and oxygen atoms in total. The fourth-order valence-electron chi connectivity index (χ4n) is 3.76. The monoisotopic (exact) mass is 494 g/mol. The summed E-state index contributed by atoms with van der Waals surface area (Å²) >= 11 is 0. The maximum Gasteiger partial charge on any atom is 0.282 e. The third-order valence-corrected chi connectivity index (χ3v) is 5.54. The molecule has 1 unspecified atom stereocenters. The molecule has 0 amide bonds. The minimum atomic E-state index is -2.72. The lowest BCUT2D eigenvalue weighted by molar-refractivity contribution is 0.145. The van der Waals surface area contributed by atoms with Gasteiger partial charge in [0.25, 0.3) is 6.43 Å². The highest BCUT2D eigenvalue weighted by Gasteiger charge is 2.21. The number of fused-ring (bicyclic) bond motifs is 1. The minimum absolute atomic E-state index is 0.276. The molecule has 0 bridgehead atoms. The summed E-state index contributed by atoms with van der Waals surface area (Å²) in [6, 6.07) is 10.4. The second-order valence-corrected chi connectivity index (χ2v) is 8.36. The van der Waals surface area contributed by atoms with Crippen molar-refractivity contribution in [2.45, 2.75) is 39.7 Å². The Bertz CT molecular complexity index is 1450. The number of alkyl halides is 2. The van der Waals surface area contributed by atoms with Crippen molar-refractivity contribution in [3.05, 3.63) is 83.3 Å². The number of halogens is 2. The van der Waals surface area contributed by atoms with Crippen molar-refractivity contribution < 1.29 is 13.9 Å². The van der Waals surface area contributed by atoms with Crippen LogP contribution in [0, 0.1) is 0 Å².